The van der Waals surface area contributed by atoms with Crippen LogP contribution in [0.3, 0.4) is 0 Å². The monoisotopic (exact) mass is 288 g/mol. The van der Waals surface area contributed by atoms with Crippen molar-refractivity contribution in [1.82, 2.24) is 10.2 Å². The summed E-state index contributed by atoms with van der Waals surface area (Å²) in [5.41, 5.74) is 1.37. The Balaban J connectivity index is 2.10. The van der Waals surface area contributed by atoms with E-state index in [0.29, 0.717) is 27.3 Å². The SMILES string of the molecule is COCOc1ccc2c(=S)cc(-c3cc[nH]n3)oc2c1. The van der Waals surface area contributed by atoms with Gasteiger partial charge in [-0.15, -0.1) is 0 Å². The van der Waals surface area contributed by atoms with E-state index in [1.54, 1.807) is 25.4 Å². The molecule has 0 aliphatic heterocycles. The second kappa shape index (κ2) is 5.44. The van der Waals surface area contributed by atoms with Crippen molar-refractivity contribution in [1.29, 1.82) is 0 Å². The van der Waals surface area contributed by atoms with Crippen molar-refractivity contribution in [3.8, 4) is 17.2 Å². The number of nitrogens with one attached hydrogen (secondary N) is 1. The number of methoxy groups -OCH3 is 1. The van der Waals surface area contributed by atoms with Crippen LogP contribution in [0.5, 0.6) is 5.75 Å². The van der Waals surface area contributed by atoms with Gasteiger partial charge in [-0.3, -0.25) is 5.10 Å². The number of fused-ring (bicyclic) bond motifs is 1. The average Bonchev–Trinajstić information content (AvgIpc) is 2.99. The molecule has 0 aliphatic rings. The molecule has 3 rings (SSSR count). The Bertz CT molecular complexity index is 781. The van der Waals surface area contributed by atoms with Crippen LogP contribution < -0.4 is 4.74 Å². The molecule has 0 saturated carbocycles. The summed E-state index contributed by atoms with van der Waals surface area (Å²) in [5.74, 6) is 1.28. The Kier molecular flexibility index (Phi) is 3.49. The van der Waals surface area contributed by atoms with Gasteiger partial charge in [-0.1, -0.05) is 12.2 Å². The summed E-state index contributed by atoms with van der Waals surface area (Å²) >= 11 is 5.38. The third-order valence-corrected chi connectivity index (χ3v) is 3.14. The topological polar surface area (TPSA) is 60.3 Å². The van der Waals surface area contributed by atoms with Crippen LogP contribution in [0.1, 0.15) is 0 Å². The van der Waals surface area contributed by atoms with Crippen LogP contribution in [-0.4, -0.2) is 24.1 Å². The lowest BCUT2D eigenvalue weighted by Gasteiger charge is -2.06. The van der Waals surface area contributed by atoms with Crippen LogP contribution in [-0.2, 0) is 4.74 Å². The molecule has 0 aliphatic carbocycles. The smallest absolute Gasteiger partial charge is 0.188 e. The molecule has 0 atom stereocenters. The van der Waals surface area contributed by atoms with Gasteiger partial charge in [-0.25, -0.2) is 0 Å². The minimum atomic E-state index is 0.186. The van der Waals surface area contributed by atoms with Gasteiger partial charge in [0.25, 0.3) is 0 Å². The van der Waals surface area contributed by atoms with Crippen molar-refractivity contribution in [2.24, 2.45) is 0 Å². The zero-order valence-electron chi connectivity index (χ0n) is 10.8. The maximum absolute atomic E-state index is 5.84. The van der Waals surface area contributed by atoms with E-state index in [1.807, 2.05) is 18.2 Å². The minimum absolute atomic E-state index is 0.186. The van der Waals surface area contributed by atoms with E-state index >= 15 is 0 Å². The molecule has 0 spiro atoms. The van der Waals surface area contributed by atoms with Crippen molar-refractivity contribution < 1.29 is 13.9 Å². The molecule has 1 aromatic carbocycles. The van der Waals surface area contributed by atoms with Crippen molar-refractivity contribution >= 4 is 23.2 Å². The highest BCUT2D eigenvalue weighted by Crippen LogP contribution is 2.27. The fraction of sp³-hybridized carbons (Fsp3) is 0.143. The normalized spacial score (nSPS) is 10.8. The summed E-state index contributed by atoms with van der Waals surface area (Å²) in [6, 6.07) is 9.12. The molecule has 3 aromatic rings. The molecule has 0 amide bonds. The fourth-order valence-corrected chi connectivity index (χ4v) is 2.15. The zero-order chi connectivity index (χ0) is 13.9. The van der Waals surface area contributed by atoms with Gasteiger partial charge in [0.05, 0.1) is 4.51 Å². The van der Waals surface area contributed by atoms with E-state index in [4.69, 9.17) is 26.1 Å². The molecular weight excluding hydrogens is 276 g/mol. The third kappa shape index (κ3) is 2.43. The van der Waals surface area contributed by atoms with E-state index in [2.05, 4.69) is 10.2 Å². The zero-order valence-corrected chi connectivity index (χ0v) is 11.6. The largest absolute Gasteiger partial charge is 0.467 e. The number of hydrogen-bond acceptors (Lipinski definition) is 5. The molecule has 0 bridgehead atoms. The first-order chi connectivity index (χ1) is 9.78. The van der Waals surface area contributed by atoms with Crippen molar-refractivity contribution in [2.75, 3.05) is 13.9 Å². The molecule has 0 fully saturated rings. The summed E-state index contributed by atoms with van der Waals surface area (Å²) in [5, 5.41) is 7.70. The molecule has 1 N–H and O–H groups in total. The highest BCUT2D eigenvalue weighted by atomic mass is 32.1. The van der Waals surface area contributed by atoms with Crippen LogP contribution in [0.15, 0.2) is 40.9 Å². The second-order valence-electron chi connectivity index (χ2n) is 4.14. The Morgan fingerprint density at radius 2 is 2.20 bits per heavy atom. The predicted molar refractivity (Wildman–Crippen MR) is 77.1 cm³/mol. The van der Waals surface area contributed by atoms with Crippen LogP contribution in [0.25, 0.3) is 22.4 Å². The van der Waals surface area contributed by atoms with E-state index in [-0.39, 0.29) is 6.79 Å². The Hall–Kier alpha value is -2.18. The lowest BCUT2D eigenvalue weighted by molar-refractivity contribution is 0.0512. The van der Waals surface area contributed by atoms with Crippen molar-refractivity contribution in [3.05, 3.63) is 41.0 Å². The van der Waals surface area contributed by atoms with Gasteiger partial charge in [-0.2, -0.15) is 5.10 Å². The number of rotatable bonds is 4. The number of aromatic nitrogens is 2. The summed E-state index contributed by atoms with van der Waals surface area (Å²) in [4.78, 5) is 0. The van der Waals surface area contributed by atoms with Gasteiger partial charge in [0.1, 0.15) is 17.0 Å². The number of benzene rings is 1. The summed E-state index contributed by atoms with van der Waals surface area (Å²) in [6.07, 6.45) is 1.73. The van der Waals surface area contributed by atoms with Crippen LogP contribution in [0.2, 0.25) is 0 Å². The Labute approximate surface area is 120 Å². The van der Waals surface area contributed by atoms with Gasteiger partial charge < -0.3 is 13.9 Å². The maximum atomic E-state index is 5.84. The van der Waals surface area contributed by atoms with E-state index in [1.165, 1.54) is 0 Å². The first kappa shape index (κ1) is 12.8. The molecule has 2 aromatic heterocycles. The van der Waals surface area contributed by atoms with E-state index in [9.17, 15) is 0 Å². The molecule has 0 saturated heterocycles. The molecule has 102 valence electrons. The minimum Gasteiger partial charge on any atom is -0.467 e. The van der Waals surface area contributed by atoms with Crippen LogP contribution >= 0.6 is 12.2 Å². The molecule has 2 heterocycles. The second-order valence-corrected chi connectivity index (χ2v) is 4.58. The Morgan fingerprint density at radius 1 is 1.30 bits per heavy atom. The third-order valence-electron chi connectivity index (χ3n) is 2.80. The van der Waals surface area contributed by atoms with Gasteiger partial charge >= 0.3 is 0 Å². The molecule has 0 radical (unpaired) electrons. The quantitative estimate of drug-likeness (QED) is 0.588. The van der Waals surface area contributed by atoms with Gasteiger partial charge in [0, 0.05) is 30.8 Å². The van der Waals surface area contributed by atoms with Gasteiger partial charge in [0.15, 0.2) is 12.6 Å². The number of ether oxygens (including phenoxy) is 2. The van der Waals surface area contributed by atoms with Gasteiger partial charge in [0.2, 0.25) is 0 Å². The summed E-state index contributed by atoms with van der Waals surface area (Å²) in [6.45, 7) is 0.186. The lowest BCUT2D eigenvalue weighted by atomic mass is 10.2. The highest BCUT2D eigenvalue weighted by Gasteiger charge is 2.07. The van der Waals surface area contributed by atoms with Crippen molar-refractivity contribution in [3.63, 3.8) is 0 Å². The van der Waals surface area contributed by atoms with Gasteiger partial charge in [-0.05, 0) is 18.2 Å². The van der Waals surface area contributed by atoms with Crippen LogP contribution in [0.4, 0.5) is 0 Å². The number of hydrogen-bond donors (Lipinski definition) is 1. The van der Waals surface area contributed by atoms with E-state index < -0.39 is 0 Å². The maximum Gasteiger partial charge on any atom is 0.188 e. The lowest BCUT2D eigenvalue weighted by Crippen LogP contribution is -1.98. The molecule has 6 heteroatoms. The average molecular weight is 288 g/mol. The fourth-order valence-electron chi connectivity index (χ4n) is 1.88. The standard InChI is InChI=1S/C14H12N2O3S/c1-17-8-18-9-2-3-10-12(6-9)19-13(7-14(10)20)11-4-5-15-16-11/h2-7H,8H2,1H3,(H,15,16). The van der Waals surface area contributed by atoms with Crippen LogP contribution in [0, 0.1) is 4.51 Å². The summed E-state index contributed by atoms with van der Waals surface area (Å²) in [7, 11) is 1.57. The molecule has 5 nitrogen and oxygen atoms in total. The first-order valence-electron chi connectivity index (χ1n) is 5.98. The number of aromatic amines is 1. The Morgan fingerprint density at radius 3 is 2.95 bits per heavy atom. The number of nitrogens with zero attached hydrogens (tertiary/aromatic N) is 1. The first-order valence-corrected chi connectivity index (χ1v) is 6.38. The number of H-pyrrole nitrogens is 1. The predicted octanol–water partition coefficient (Wildman–Crippen LogP) is 3.54. The molecular formula is C14H12N2O3S. The summed E-state index contributed by atoms with van der Waals surface area (Å²) < 4.78 is 16.8. The molecule has 0 unspecified atom stereocenters. The molecule has 20 heavy (non-hydrogen) atoms. The van der Waals surface area contributed by atoms with E-state index in [0.717, 1.165) is 5.39 Å². The van der Waals surface area contributed by atoms with Crippen molar-refractivity contribution in [2.45, 2.75) is 0 Å². The highest BCUT2D eigenvalue weighted by molar-refractivity contribution is 7.71.